The zero-order valence-corrected chi connectivity index (χ0v) is 18.5. The number of rotatable bonds is 5. The number of aromatic amines is 1. The van der Waals surface area contributed by atoms with Crippen LogP contribution in [0.4, 0.5) is 11.4 Å². The van der Waals surface area contributed by atoms with Gasteiger partial charge in [0.15, 0.2) is 10.8 Å². The molecule has 0 aliphatic carbocycles. The fourth-order valence-corrected chi connectivity index (χ4v) is 3.38. The first-order chi connectivity index (χ1) is 16.6. The van der Waals surface area contributed by atoms with Crippen LogP contribution in [0.25, 0.3) is 28.1 Å². The molecule has 3 aromatic carbocycles. The van der Waals surface area contributed by atoms with E-state index in [1.165, 1.54) is 6.33 Å². The summed E-state index contributed by atoms with van der Waals surface area (Å²) in [6.45, 7) is 0. The van der Waals surface area contributed by atoms with Crippen LogP contribution in [-0.2, 0) is 0 Å². The Labute approximate surface area is 194 Å². The van der Waals surface area contributed by atoms with E-state index in [0.717, 1.165) is 33.8 Å². The molecule has 0 radical (unpaired) electrons. The number of aromatic nitrogens is 5. The number of anilines is 1. The van der Waals surface area contributed by atoms with Gasteiger partial charge in [-0.25, -0.2) is 14.6 Å². The summed E-state index contributed by atoms with van der Waals surface area (Å²) in [5, 5.41) is 11.9. The van der Waals surface area contributed by atoms with Gasteiger partial charge in [0.1, 0.15) is 18.5 Å². The molecule has 5 rings (SSSR count). The van der Waals surface area contributed by atoms with Crippen LogP contribution in [-0.4, -0.2) is 44.7 Å². The number of hydrogen-bond donors (Lipinski definition) is 1. The van der Waals surface area contributed by atoms with Crippen molar-refractivity contribution >= 4 is 28.3 Å². The minimum Gasteiger partial charge on any atom is -0.378 e. The molecule has 34 heavy (non-hydrogen) atoms. The number of nitrogens with zero attached hydrogens (tertiary/aromatic N) is 8. The number of H-pyrrole nitrogens is 1. The Kier molecular flexibility index (Phi) is 5.47. The molecule has 0 aliphatic heterocycles. The van der Waals surface area contributed by atoms with Crippen molar-refractivity contribution in [2.24, 2.45) is 10.2 Å². The SMILES string of the molecule is CN(C)c1ccc(C(=O)N=[N+]=Nc2ccc3nc(-c4ccc(-n5cncn5)cc4)[nH]c3c2)cc1. The van der Waals surface area contributed by atoms with E-state index in [0.29, 0.717) is 11.3 Å². The summed E-state index contributed by atoms with van der Waals surface area (Å²) in [5.41, 5.74) is 5.45. The fraction of sp³-hybridized carbons (Fsp3) is 0.0833. The van der Waals surface area contributed by atoms with E-state index in [1.54, 1.807) is 29.2 Å². The number of nitrogens with one attached hydrogen (secondary N) is 1. The number of carbonyl (C=O) groups excluding carboxylic acids is 1. The highest BCUT2D eigenvalue weighted by Crippen LogP contribution is 2.24. The Hall–Kier alpha value is -4.95. The van der Waals surface area contributed by atoms with Crippen molar-refractivity contribution in [1.29, 1.82) is 0 Å². The molecule has 0 saturated carbocycles. The van der Waals surface area contributed by atoms with Crippen LogP contribution in [0.15, 0.2) is 89.6 Å². The molecular formula is C24H20N9O+. The number of amides is 1. The molecule has 2 heterocycles. The third-order valence-electron chi connectivity index (χ3n) is 5.22. The Bertz CT molecular complexity index is 1510. The molecule has 2 aromatic heterocycles. The van der Waals surface area contributed by atoms with Gasteiger partial charge in [0.05, 0.1) is 16.7 Å². The first kappa shape index (κ1) is 20.9. The second kappa shape index (κ2) is 8.89. The maximum Gasteiger partial charge on any atom is 0.360 e. The predicted molar refractivity (Wildman–Crippen MR) is 128 cm³/mol. The Morgan fingerprint density at radius 2 is 1.82 bits per heavy atom. The second-order valence-electron chi connectivity index (χ2n) is 7.71. The number of benzene rings is 3. The van der Waals surface area contributed by atoms with Crippen LogP contribution < -0.4 is 9.81 Å². The fourth-order valence-electron chi connectivity index (χ4n) is 3.38. The Morgan fingerprint density at radius 1 is 1.03 bits per heavy atom. The lowest BCUT2D eigenvalue weighted by molar-refractivity contribution is 0.0992. The molecule has 10 heteroatoms. The molecule has 0 atom stereocenters. The van der Waals surface area contributed by atoms with Crippen molar-refractivity contribution < 1.29 is 4.79 Å². The summed E-state index contributed by atoms with van der Waals surface area (Å²) in [6, 6.07) is 20.4. The monoisotopic (exact) mass is 450 g/mol. The van der Waals surface area contributed by atoms with Crippen LogP contribution >= 0.6 is 0 Å². The van der Waals surface area contributed by atoms with Crippen molar-refractivity contribution in [3.8, 4) is 17.1 Å². The van der Waals surface area contributed by atoms with Crippen LogP contribution in [0.3, 0.4) is 0 Å². The molecule has 0 saturated heterocycles. The quantitative estimate of drug-likeness (QED) is 0.316. The van der Waals surface area contributed by atoms with Crippen LogP contribution in [0, 0.1) is 0 Å². The van der Waals surface area contributed by atoms with E-state index in [9.17, 15) is 4.79 Å². The first-order valence-electron chi connectivity index (χ1n) is 10.5. The molecule has 0 bridgehead atoms. The van der Waals surface area contributed by atoms with Gasteiger partial charge >= 0.3 is 5.91 Å². The van der Waals surface area contributed by atoms with Gasteiger partial charge in [-0.05, 0) is 66.7 Å². The van der Waals surface area contributed by atoms with Gasteiger partial charge < -0.3 is 9.88 Å². The Morgan fingerprint density at radius 3 is 2.53 bits per heavy atom. The molecular weight excluding hydrogens is 430 g/mol. The van der Waals surface area contributed by atoms with Gasteiger partial charge in [-0.3, -0.25) is 4.79 Å². The molecule has 1 amide bonds. The lowest BCUT2D eigenvalue weighted by Gasteiger charge is -2.11. The zero-order valence-electron chi connectivity index (χ0n) is 18.5. The maximum absolute atomic E-state index is 12.2. The van der Waals surface area contributed by atoms with E-state index in [1.807, 2.05) is 67.5 Å². The number of carbonyl (C=O) groups is 1. The van der Waals surface area contributed by atoms with Gasteiger partial charge in [0, 0.05) is 30.9 Å². The van der Waals surface area contributed by atoms with E-state index in [-0.39, 0.29) is 0 Å². The molecule has 5 aromatic rings. The standard InChI is InChI=1S/C24H19N9O/c1-32(2)19-8-5-17(6-9-19)24(34)30-31-29-18-7-12-21-22(13-18)28-23(27-21)16-3-10-20(11-4-16)33-15-25-14-26-33/h3-15H,1-2H3/p+1. The molecule has 0 aliphatic rings. The van der Waals surface area contributed by atoms with Crippen molar-refractivity contribution in [3.63, 3.8) is 0 Å². The average Bonchev–Trinajstić information content (AvgIpc) is 3.54. The van der Waals surface area contributed by atoms with Gasteiger partial charge in [-0.15, -0.1) is 0 Å². The minimum absolute atomic E-state index is 0.451. The van der Waals surface area contributed by atoms with Gasteiger partial charge in [0.2, 0.25) is 10.0 Å². The highest BCUT2D eigenvalue weighted by molar-refractivity contribution is 5.94. The lowest BCUT2D eigenvalue weighted by atomic mass is 10.2. The van der Waals surface area contributed by atoms with E-state index in [2.05, 4.69) is 35.2 Å². The molecule has 10 nitrogen and oxygen atoms in total. The minimum atomic E-state index is -0.451. The van der Waals surface area contributed by atoms with E-state index < -0.39 is 5.91 Å². The van der Waals surface area contributed by atoms with E-state index >= 15 is 0 Å². The normalized spacial score (nSPS) is 10.6. The van der Waals surface area contributed by atoms with Crippen molar-refractivity contribution in [1.82, 2.24) is 29.6 Å². The highest BCUT2D eigenvalue weighted by atomic mass is 16.1. The predicted octanol–water partition coefficient (Wildman–Crippen LogP) is 4.32. The summed E-state index contributed by atoms with van der Waals surface area (Å²) in [4.78, 5) is 29.8. The number of fused-ring (bicyclic) bond motifs is 1. The van der Waals surface area contributed by atoms with Gasteiger partial charge in [0.25, 0.3) is 0 Å². The zero-order chi connectivity index (χ0) is 23.5. The first-order valence-corrected chi connectivity index (χ1v) is 10.5. The highest BCUT2D eigenvalue weighted by Gasteiger charge is 2.11. The number of imidazole rings is 1. The second-order valence-corrected chi connectivity index (χ2v) is 7.71. The summed E-state index contributed by atoms with van der Waals surface area (Å²) < 4.78 is 1.69. The van der Waals surface area contributed by atoms with Crippen molar-refractivity contribution in [3.05, 3.63) is 84.9 Å². The molecule has 0 spiro atoms. The smallest absolute Gasteiger partial charge is 0.360 e. The largest absolute Gasteiger partial charge is 0.378 e. The topological polar surface area (TPSA) is 119 Å². The van der Waals surface area contributed by atoms with Crippen LogP contribution in [0.2, 0.25) is 0 Å². The molecule has 166 valence electrons. The van der Waals surface area contributed by atoms with Crippen molar-refractivity contribution in [2.75, 3.05) is 19.0 Å². The Balaban J connectivity index is 1.33. The van der Waals surface area contributed by atoms with Crippen LogP contribution in [0.5, 0.6) is 0 Å². The third kappa shape index (κ3) is 4.34. The third-order valence-corrected chi connectivity index (χ3v) is 5.22. The van der Waals surface area contributed by atoms with E-state index in [4.69, 9.17) is 0 Å². The lowest BCUT2D eigenvalue weighted by Crippen LogP contribution is -2.08. The summed E-state index contributed by atoms with van der Waals surface area (Å²) in [5.74, 6) is 0.281. The molecule has 1 N–H and O–H groups in total. The summed E-state index contributed by atoms with van der Waals surface area (Å²) in [7, 11) is 3.87. The molecule has 0 fully saturated rings. The van der Waals surface area contributed by atoms with Gasteiger partial charge in [-0.1, -0.05) is 0 Å². The van der Waals surface area contributed by atoms with Crippen LogP contribution in [0.1, 0.15) is 10.4 Å². The van der Waals surface area contributed by atoms with Gasteiger partial charge in [-0.2, -0.15) is 5.10 Å². The van der Waals surface area contributed by atoms with Crippen molar-refractivity contribution in [2.45, 2.75) is 0 Å². The molecule has 0 unspecified atom stereocenters. The number of hydrogen-bond acceptors (Lipinski definition) is 6. The maximum atomic E-state index is 12.2. The summed E-state index contributed by atoms with van der Waals surface area (Å²) >= 11 is 0. The average molecular weight is 450 g/mol. The summed E-state index contributed by atoms with van der Waals surface area (Å²) in [6.07, 6.45) is 3.14.